The van der Waals surface area contributed by atoms with Gasteiger partial charge in [-0.2, -0.15) is 0 Å². The number of ether oxygens (including phenoxy) is 2. The third-order valence-corrected chi connectivity index (χ3v) is 2.71. The van der Waals surface area contributed by atoms with Crippen LogP contribution in [0, 0.1) is 0 Å². The zero-order valence-corrected chi connectivity index (χ0v) is 11.8. The molecule has 0 fully saturated rings. The van der Waals surface area contributed by atoms with E-state index < -0.39 is 0 Å². The highest BCUT2D eigenvalue weighted by atomic mass is 16.5. The molecule has 5 heteroatoms. The number of rotatable bonds is 7. The Balaban J connectivity index is 1.86. The Bertz CT molecular complexity index is 512. The van der Waals surface area contributed by atoms with Crippen molar-refractivity contribution < 1.29 is 9.47 Å². The first-order valence-electron chi connectivity index (χ1n) is 6.63. The first-order chi connectivity index (χ1) is 9.81. The average Bonchev–Trinajstić information content (AvgIpc) is 2.52. The molecule has 0 aliphatic rings. The monoisotopic (exact) mass is 273 g/mol. The molecule has 0 saturated heterocycles. The lowest BCUT2D eigenvalue weighted by Crippen LogP contribution is -2.04. The smallest absolute Gasteiger partial charge is 0.144 e. The van der Waals surface area contributed by atoms with Gasteiger partial charge in [0.1, 0.15) is 23.9 Å². The second-order valence-corrected chi connectivity index (χ2v) is 4.28. The predicted molar refractivity (Wildman–Crippen MR) is 78.1 cm³/mol. The van der Waals surface area contributed by atoms with Gasteiger partial charge in [0.05, 0.1) is 25.2 Å². The normalized spacial score (nSPS) is 10.1. The van der Waals surface area contributed by atoms with Crippen LogP contribution in [0.1, 0.15) is 19.0 Å². The number of aromatic nitrogens is 2. The first-order valence-corrected chi connectivity index (χ1v) is 6.63. The number of anilines is 1. The molecule has 0 aliphatic carbocycles. The van der Waals surface area contributed by atoms with Gasteiger partial charge in [-0.3, -0.25) is 4.98 Å². The van der Waals surface area contributed by atoms with Gasteiger partial charge in [-0.15, -0.1) is 0 Å². The van der Waals surface area contributed by atoms with Crippen molar-refractivity contribution in [3.8, 4) is 11.5 Å². The summed E-state index contributed by atoms with van der Waals surface area (Å²) in [6.07, 6.45) is 4.51. The molecular weight excluding hydrogens is 254 g/mol. The Labute approximate surface area is 119 Å². The third-order valence-electron chi connectivity index (χ3n) is 2.71. The summed E-state index contributed by atoms with van der Waals surface area (Å²) in [5.74, 6) is 2.38. The minimum Gasteiger partial charge on any atom is -0.497 e. The summed E-state index contributed by atoms with van der Waals surface area (Å²) >= 11 is 0. The molecule has 1 aromatic carbocycles. The molecule has 106 valence electrons. The van der Waals surface area contributed by atoms with E-state index in [1.54, 1.807) is 19.5 Å². The number of hydrogen-bond donors (Lipinski definition) is 1. The van der Waals surface area contributed by atoms with Crippen LogP contribution in [0.3, 0.4) is 0 Å². The summed E-state index contributed by atoms with van der Waals surface area (Å²) in [7, 11) is 1.64. The molecule has 2 rings (SSSR count). The van der Waals surface area contributed by atoms with Crippen molar-refractivity contribution in [2.24, 2.45) is 0 Å². The molecule has 0 aliphatic heterocycles. The molecule has 0 saturated carbocycles. The van der Waals surface area contributed by atoms with E-state index in [0.717, 1.165) is 36.0 Å². The molecule has 0 radical (unpaired) electrons. The third kappa shape index (κ3) is 4.12. The SMILES string of the molecule is CCCNc1cnc(COc2ccc(OC)cc2)cn1. The maximum absolute atomic E-state index is 5.63. The van der Waals surface area contributed by atoms with E-state index in [-0.39, 0.29) is 0 Å². The van der Waals surface area contributed by atoms with Crippen LogP contribution < -0.4 is 14.8 Å². The fourth-order valence-electron chi connectivity index (χ4n) is 1.60. The topological polar surface area (TPSA) is 56.3 Å². The molecule has 1 heterocycles. The molecule has 0 bridgehead atoms. The van der Waals surface area contributed by atoms with Gasteiger partial charge in [0.25, 0.3) is 0 Å². The predicted octanol–water partition coefficient (Wildman–Crippen LogP) is 2.89. The molecule has 0 amide bonds. The van der Waals surface area contributed by atoms with E-state index in [9.17, 15) is 0 Å². The number of nitrogens with one attached hydrogen (secondary N) is 1. The number of hydrogen-bond acceptors (Lipinski definition) is 5. The van der Waals surface area contributed by atoms with Crippen LogP contribution >= 0.6 is 0 Å². The van der Waals surface area contributed by atoms with Crippen LogP contribution in [-0.4, -0.2) is 23.6 Å². The average molecular weight is 273 g/mol. The Hall–Kier alpha value is -2.30. The Kier molecular flexibility index (Phi) is 5.17. The van der Waals surface area contributed by atoms with Crippen LogP contribution in [0.25, 0.3) is 0 Å². The van der Waals surface area contributed by atoms with Crippen molar-refractivity contribution in [3.63, 3.8) is 0 Å². The quantitative estimate of drug-likeness (QED) is 0.840. The van der Waals surface area contributed by atoms with E-state index in [4.69, 9.17) is 9.47 Å². The fraction of sp³-hybridized carbons (Fsp3) is 0.333. The standard InChI is InChI=1S/C15H19N3O2/c1-3-8-16-15-10-17-12(9-18-15)11-20-14-6-4-13(19-2)5-7-14/h4-7,9-10H,3,8,11H2,1-2H3,(H,16,18). The van der Waals surface area contributed by atoms with Gasteiger partial charge in [-0.25, -0.2) is 4.98 Å². The zero-order chi connectivity index (χ0) is 14.2. The highest BCUT2D eigenvalue weighted by Gasteiger charge is 2.00. The van der Waals surface area contributed by atoms with Crippen LogP contribution in [0.4, 0.5) is 5.82 Å². The zero-order valence-electron chi connectivity index (χ0n) is 11.8. The van der Waals surface area contributed by atoms with Gasteiger partial charge in [-0.1, -0.05) is 6.92 Å². The summed E-state index contributed by atoms with van der Waals surface area (Å²) in [5.41, 5.74) is 0.794. The van der Waals surface area contributed by atoms with Crippen molar-refractivity contribution in [3.05, 3.63) is 42.4 Å². The largest absolute Gasteiger partial charge is 0.497 e. The lowest BCUT2D eigenvalue weighted by molar-refractivity contribution is 0.300. The van der Waals surface area contributed by atoms with Crippen molar-refractivity contribution in [1.82, 2.24) is 9.97 Å². The van der Waals surface area contributed by atoms with Gasteiger partial charge in [0.15, 0.2) is 0 Å². The lowest BCUT2D eigenvalue weighted by Gasteiger charge is -2.07. The molecule has 2 aromatic rings. The van der Waals surface area contributed by atoms with Crippen molar-refractivity contribution in [1.29, 1.82) is 0 Å². The molecule has 1 N–H and O–H groups in total. The van der Waals surface area contributed by atoms with E-state index >= 15 is 0 Å². The molecule has 0 atom stereocenters. The lowest BCUT2D eigenvalue weighted by atomic mass is 10.3. The Morgan fingerprint density at radius 2 is 1.80 bits per heavy atom. The number of benzene rings is 1. The maximum atomic E-state index is 5.63. The van der Waals surface area contributed by atoms with Gasteiger partial charge < -0.3 is 14.8 Å². The minimum absolute atomic E-state index is 0.396. The summed E-state index contributed by atoms with van der Waals surface area (Å²) in [6.45, 7) is 3.40. The van der Waals surface area contributed by atoms with Crippen molar-refractivity contribution in [2.75, 3.05) is 19.0 Å². The minimum atomic E-state index is 0.396. The number of nitrogens with zero attached hydrogens (tertiary/aromatic N) is 2. The van der Waals surface area contributed by atoms with Crippen LogP contribution in [0.15, 0.2) is 36.7 Å². The highest BCUT2D eigenvalue weighted by Crippen LogP contribution is 2.17. The van der Waals surface area contributed by atoms with E-state index in [2.05, 4.69) is 22.2 Å². The maximum Gasteiger partial charge on any atom is 0.144 e. The van der Waals surface area contributed by atoms with Gasteiger partial charge in [0, 0.05) is 6.54 Å². The molecule has 0 spiro atoms. The Morgan fingerprint density at radius 3 is 2.40 bits per heavy atom. The molecular formula is C15H19N3O2. The second-order valence-electron chi connectivity index (χ2n) is 4.28. The fourth-order valence-corrected chi connectivity index (χ4v) is 1.60. The van der Waals surface area contributed by atoms with Crippen molar-refractivity contribution >= 4 is 5.82 Å². The summed E-state index contributed by atoms with van der Waals surface area (Å²) in [4.78, 5) is 8.59. The highest BCUT2D eigenvalue weighted by molar-refractivity contribution is 5.32. The van der Waals surface area contributed by atoms with Crippen LogP contribution in [0.2, 0.25) is 0 Å². The van der Waals surface area contributed by atoms with Crippen LogP contribution in [-0.2, 0) is 6.61 Å². The van der Waals surface area contributed by atoms with E-state index in [1.807, 2.05) is 24.3 Å². The van der Waals surface area contributed by atoms with Gasteiger partial charge in [0.2, 0.25) is 0 Å². The van der Waals surface area contributed by atoms with Crippen LogP contribution in [0.5, 0.6) is 11.5 Å². The van der Waals surface area contributed by atoms with Gasteiger partial charge >= 0.3 is 0 Å². The summed E-state index contributed by atoms with van der Waals surface area (Å²) < 4.78 is 10.7. The number of methoxy groups -OCH3 is 1. The summed E-state index contributed by atoms with van der Waals surface area (Å²) in [6, 6.07) is 7.45. The first kappa shape index (κ1) is 14.1. The van der Waals surface area contributed by atoms with E-state index in [1.165, 1.54) is 0 Å². The Morgan fingerprint density at radius 1 is 1.05 bits per heavy atom. The van der Waals surface area contributed by atoms with Crippen molar-refractivity contribution in [2.45, 2.75) is 20.0 Å². The van der Waals surface area contributed by atoms with Gasteiger partial charge in [-0.05, 0) is 30.7 Å². The molecule has 1 aromatic heterocycles. The second kappa shape index (κ2) is 7.33. The molecule has 20 heavy (non-hydrogen) atoms. The molecule has 5 nitrogen and oxygen atoms in total. The summed E-state index contributed by atoms with van der Waals surface area (Å²) in [5, 5.41) is 3.18. The van der Waals surface area contributed by atoms with E-state index in [0.29, 0.717) is 6.61 Å². The molecule has 0 unspecified atom stereocenters.